The number of imide groups is 2. The Balaban J connectivity index is 1.89. The molecule has 3 heterocycles. The lowest BCUT2D eigenvalue weighted by Crippen LogP contribution is -2.73. The standard InChI is InChI=1S/C19H22N4O5/c1-18(2,3)22-16(25)19(15(24)20-17(22)26)10-11-9-12(23(27)28)6-7-13(11)21-8-4-5-14(19)21/h6-7,9,14H,4-5,8,10H2,1-3H3,(H,20,24,26). The van der Waals surface area contributed by atoms with E-state index >= 15 is 0 Å². The molecule has 1 aromatic rings. The summed E-state index contributed by atoms with van der Waals surface area (Å²) in [7, 11) is 0. The molecule has 0 saturated carbocycles. The Bertz CT molecular complexity index is 921. The smallest absolute Gasteiger partial charge is 0.331 e. The summed E-state index contributed by atoms with van der Waals surface area (Å²) in [6, 6.07) is 3.47. The number of rotatable bonds is 1. The molecule has 0 radical (unpaired) electrons. The molecule has 4 rings (SSSR count). The number of nitrogens with zero attached hydrogens (tertiary/aromatic N) is 3. The summed E-state index contributed by atoms with van der Waals surface area (Å²) >= 11 is 0. The van der Waals surface area contributed by atoms with Gasteiger partial charge in [-0.05, 0) is 45.2 Å². The summed E-state index contributed by atoms with van der Waals surface area (Å²) in [5.41, 5.74) is -0.960. The molecule has 0 bridgehead atoms. The summed E-state index contributed by atoms with van der Waals surface area (Å²) in [6.07, 6.45) is 1.48. The van der Waals surface area contributed by atoms with E-state index in [0.717, 1.165) is 17.0 Å². The van der Waals surface area contributed by atoms with Crippen molar-refractivity contribution in [1.29, 1.82) is 0 Å². The molecule has 28 heavy (non-hydrogen) atoms. The van der Waals surface area contributed by atoms with E-state index in [1.54, 1.807) is 26.8 Å². The first kappa shape index (κ1) is 18.4. The number of hydrogen-bond acceptors (Lipinski definition) is 6. The SMILES string of the molecule is CC(C)(C)N1C(=O)NC(=O)C2(Cc3cc([N+](=O)[O-])ccc3N3CCCC32)C1=O. The van der Waals surface area contributed by atoms with E-state index in [4.69, 9.17) is 0 Å². The third kappa shape index (κ3) is 2.35. The van der Waals surface area contributed by atoms with Crippen LogP contribution in [0, 0.1) is 15.5 Å². The van der Waals surface area contributed by atoms with E-state index < -0.39 is 33.7 Å². The topological polar surface area (TPSA) is 113 Å². The summed E-state index contributed by atoms with van der Waals surface area (Å²) < 4.78 is 0. The molecular formula is C19H22N4O5. The third-order valence-electron chi connectivity index (χ3n) is 5.96. The fourth-order valence-electron chi connectivity index (χ4n) is 4.81. The predicted molar refractivity (Wildman–Crippen MR) is 99.7 cm³/mol. The van der Waals surface area contributed by atoms with Crippen molar-refractivity contribution in [2.45, 2.75) is 51.6 Å². The van der Waals surface area contributed by atoms with Crippen molar-refractivity contribution in [3.8, 4) is 0 Å². The number of nitrogens with one attached hydrogen (secondary N) is 1. The van der Waals surface area contributed by atoms with Gasteiger partial charge in [0.25, 0.3) is 5.69 Å². The monoisotopic (exact) mass is 386 g/mol. The van der Waals surface area contributed by atoms with Gasteiger partial charge >= 0.3 is 6.03 Å². The molecule has 2 fully saturated rings. The van der Waals surface area contributed by atoms with Crippen LogP contribution in [0.4, 0.5) is 16.2 Å². The fourth-order valence-corrected chi connectivity index (χ4v) is 4.81. The van der Waals surface area contributed by atoms with Gasteiger partial charge in [-0.2, -0.15) is 0 Å². The zero-order valence-electron chi connectivity index (χ0n) is 16.0. The van der Waals surface area contributed by atoms with Gasteiger partial charge in [-0.3, -0.25) is 29.9 Å². The lowest BCUT2D eigenvalue weighted by molar-refractivity contribution is -0.384. The summed E-state index contributed by atoms with van der Waals surface area (Å²) in [4.78, 5) is 53.0. The number of fused-ring (bicyclic) bond motifs is 4. The molecule has 2 atom stereocenters. The second kappa shape index (κ2) is 5.76. The van der Waals surface area contributed by atoms with Gasteiger partial charge in [-0.1, -0.05) is 0 Å². The molecule has 2 saturated heterocycles. The number of barbiturate groups is 1. The van der Waals surface area contributed by atoms with Crippen molar-refractivity contribution in [3.63, 3.8) is 0 Å². The molecular weight excluding hydrogens is 364 g/mol. The lowest BCUT2D eigenvalue weighted by atomic mass is 9.68. The maximum absolute atomic E-state index is 13.6. The number of nitro groups is 1. The van der Waals surface area contributed by atoms with Crippen LogP contribution in [0.3, 0.4) is 0 Å². The van der Waals surface area contributed by atoms with Gasteiger partial charge in [0.1, 0.15) is 0 Å². The van der Waals surface area contributed by atoms with Gasteiger partial charge in [0.15, 0.2) is 5.41 Å². The van der Waals surface area contributed by atoms with Crippen molar-refractivity contribution in [3.05, 3.63) is 33.9 Å². The van der Waals surface area contributed by atoms with E-state index in [0.29, 0.717) is 18.5 Å². The molecule has 3 aliphatic rings. The molecule has 1 aromatic carbocycles. The van der Waals surface area contributed by atoms with E-state index in [1.165, 1.54) is 12.1 Å². The molecule has 4 amide bonds. The van der Waals surface area contributed by atoms with E-state index in [-0.39, 0.29) is 18.2 Å². The zero-order chi connectivity index (χ0) is 20.4. The van der Waals surface area contributed by atoms with Crippen molar-refractivity contribution in [1.82, 2.24) is 10.2 Å². The first-order valence-electron chi connectivity index (χ1n) is 9.31. The Morgan fingerprint density at radius 1 is 1.25 bits per heavy atom. The molecule has 0 aromatic heterocycles. The van der Waals surface area contributed by atoms with Crippen LogP contribution in [-0.2, 0) is 16.0 Å². The van der Waals surface area contributed by atoms with E-state index in [9.17, 15) is 24.5 Å². The van der Waals surface area contributed by atoms with Gasteiger partial charge in [-0.15, -0.1) is 0 Å². The van der Waals surface area contributed by atoms with Gasteiger partial charge in [0, 0.05) is 36.3 Å². The maximum Gasteiger partial charge on any atom is 0.331 e. The largest absolute Gasteiger partial charge is 0.367 e. The second-order valence-corrected chi connectivity index (χ2v) is 8.64. The molecule has 3 aliphatic heterocycles. The van der Waals surface area contributed by atoms with Gasteiger partial charge in [0.2, 0.25) is 11.8 Å². The number of nitro benzene ring substituents is 1. The quantitative estimate of drug-likeness (QED) is 0.449. The number of benzene rings is 1. The Morgan fingerprint density at radius 3 is 2.61 bits per heavy atom. The van der Waals surface area contributed by atoms with Crippen LogP contribution in [0.1, 0.15) is 39.2 Å². The number of carbonyl (C=O) groups excluding carboxylic acids is 3. The minimum absolute atomic E-state index is 0.0374. The summed E-state index contributed by atoms with van der Waals surface area (Å²) in [5, 5.41) is 13.6. The Kier molecular flexibility index (Phi) is 3.79. The van der Waals surface area contributed by atoms with Gasteiger partial charge in [-0.25, -0.2) is 4.79 Å². The fraction of sp³-hybridized carbons (Fsp3) is 0.526. The predicted octanol–water partition coefficient (Wildman–Crippen LogP) is 1.98. The number of anilines is 1. The molecule has 1 N–H and O–H groups in total. The number of hydrogen-bond donors (Lipinski definition) is 1. The van der Waals surface area contributed by atoms with Crippen LogP contribution in [0.25, 0.3) is 0 Å². The highest BCUT2D eigenvalue weighted by molar-refractivity contribution is 6.20. The average molecular weight is 386 g/mol. The molecule has 148 valence electrons. The third-order valence-corrected chi connectivity index (χ3v) is 5.96. The highest BCUT2D eigenvalue weighted by Crippen LogP contribution is 2.49. The summed E-state index contributed by atoms with van der Waals surface area (Å²) in [5.74, 6) is -1.14. The highest BCUT2D eigenvalue weighted by atomic mass is 16.6. The molecule has 2 unspecified atom stereocenters. The van der Waals surface area contributed by atoms with E-state index in [2.05, 4.69) is 5.32 Å². The first-order valence-corrected chi connectivity index (χ1v) is 9.31. The number of carbonyl (C=O) groups is 3. The van der Waals surface area contributed by atoms with Crippen LogP contribution < -0.4 is 10.2 Å². The van der Waals surface area contributed by atoms with Crippen LogP contribution >= 0.6 is 0 Å². The van der Waals surface area contributed by atoms with Crippen LogP contribution in [-0.4, -0.2) is 45.8 Å². The van der Waals surface area contributed by atoms with Crippen LogP contribution in [0.15, 0.2) is 18.2 Å². The number of urea groups is 1. The van der Waals surface area contributed by atoms with Crippen LogP contribution in [0.2, 0.25) is 0 Å². The first-order chi connectivity index (χ1) is 13.1. The molecule has 9 heteroatoms. The Labute approximate surface area is 161 Å². The second-order valence-electron chi connectivity index (χ2n) is 8.64. The van der Waals surface area contributed by atoms with Gasteiger partial charge < -0.3 is 4.90 Å². The van der Waals surface area contributed by atoms with Gasteiger partial charge in [0.05, 0.1) is 11.0 Å². The summed E-state index contributed by atoms with van der Waals surface area (Å²) in [6.45, 7) is 5.87. The number of non-ortho nitro benzene ring substituents is 1. The normalized spacial score (nSPS) is 27.0. The zero-order valence-corrected chi connectivity index (χ0v) is 16.0. The maximum atomic E-state index is 13.6. The van der Waals surface area contributed by atoms with Crippen LogP contribution in [0.5, 0.6) is 0 Å². The Hall–Kier alpha value is -2.97. The lowest BCUT2D eigenvalue weighted by Gasteiger charge is -2.51. The van der Waals surface area contributed by atoms with E-state index in [1.807, 2.05) is 4.90 Å². The number of amides is 4. The average Bonchev–Trinajstić information content (AvgIpc) is 3.08. The van der Waals surface area contributed by atoms with Crippen molar-refractivity contribution in [2.75, 3.05) is 11.4 Å². The highest BCUT2D eigenvalue weighted by Gasteiger charge is 2.64. The molecule has 0 aliphatic carbocycles. The van der Waals surface area contributed by atoms with Crippen molar-refractivity contribution >= 4 is 29.2 Å². The molecule has 9 nitrogen and oxygen atoms in total. The van der Waals surface area contributed by atoms with Crippen molar-refractivity contribution in [2.24, 2.45) is 5.41 Å². The minimum atomic E-state index is -1.47. The Morgan fingerprint density at radius 2 is 1.96 bits per heavy atom. The minimum Gasteiger partial charge on any atom is -0.367 e. The molecule has 1 spiro atoms. The van der Waals surface area contributed by atoms with Crippen molar-refractivity contribution < 1.29 is 19.3 Å².